The fourth-order valence-electron chi connectivity index (χ4n) is 4.40. The highest BCUT2D eigenvalue weighted by Crippen LogP contribution is 2.26. The number of benzene rings is 3. The van der Waals surface area contributed by atoms with Gasteiger partial charge in [0.1, 0.15) is 11.9 Å². The van der Waals surface area contributed by atoms with Crippen molar-refractivity contribution in [1.82, 2.24) is 4.90 Å². The lowest BCUT2D eigenvalue weighted by Crippen LogP contribution is -2.35. The van der Waals surface area contributed by atoms with Crippen LogP contribution < -0.4 is 15.8 Å². The van der Waals surface area contributed by atoms with Crippen LogP contribution in [0.1, 0.15) is 49.5 Å². The SMILES string of the molecule is CC(C)OC(C(=O)Nc1ccc(N)c(C(=N)c2ccc(OC3CCN(C)CC3)cc2)c1)c1ccccc1. The summed E-state index contributed by atoms with van der Waals surface area (Å²) in [6.45, 7) is 5.87. The molecule has 1 aliphatic heterocycles. The zero-order valence-corrected chi connectivity index (χ0v) is 21.7. The standard InChI is InChI=1S/C30H36N4O3/c1-20(2)36-29(22-7-5-4-6-8-22)30(35)33-23-11-14-27(31)26(19-23)28(32)21-9-12-24(13-10-21)37-25-15-17-34(3)18-16-25/h4-14,19-20,25,29,32H,15-18,31H2,1-3H3,(H,33,35). The summed E-state index contributed by atoms with van der Waals surface area (Å²) in [5.74, 6) is 0.523. The molecule has 37 heavy (non-hydrogen) atoms. The maximum absolute atomic E-state index is 13.2. The summed E-state index contributed by atoms with van der Waals surface area (Å²) in [5.41, 5.74) is 9.56. The van der Waals surface area contributed by atoms with Crippen molar-refractivity contribution in [3.63, 3.8) is 0 Å². The molecule has 194 valence electrons. The molecule has 1 heterocycles. The van der Waals surface area contributed by atoms with Gasteiger partial charge in [-0.2, -0.15) is 0 Å². The van der Waals surface area contributed by atoms with Crippen molar-refractivity contribution in [3.8, 4) is 5.75 Å². The molecule has 0 aliphatic carbocycles. The Morgan fingerprint density at radius 1 is 1.03 bits per heavy atom. The minimum absolute atomic E-state index is 0.127. The molecular formula is C30H36N4O3. The Bertz CT molecular complexity index is 1200. The van der Waals surface area contributed by atoms with Gasteiger partial charge in [-0.1, -0.05) is 30.3 Å². The number of ether oxygens (including phenoxy) is 2. The van der Waals surface area contributed by atoms with Gasteiger partial charge < -0.3 is 25.4 Å². The summed E-state index contributed by atoms with van der Waals surface area (Å²) >= 11 is 0. The summed E-state index contributed by atoms with van der Waals surface area (Å²) in [7, 11) is 2.13. The summed E-state index contributed by atoms with van der Waals surface area (Å²) in [6.07, 6.45) is 1.36. The number of amides is 1. The Balaban J connectivity index is 1.46. The Morgan fingerprint density at radius 2 is 1.70 bits per heavy atom. The van der Waals surface area contributed by atoms with Crippen molar-refractivity contribution in [2.45, 2.75) is 45.0 Å². The molecule has 3 aromatic carbocycles. The number of nitrogens with one attached hydrogen (secondary N) is 2. The lowest BCUT2D eigenvalue weighted by Gasteiger charge is -2.29. The van der Waals surface area contributed by atoms with Crippen molar-refractivity contribution in [2.24, 2.45) is 0 Å². The fourth-order valence-corrected chi connectivity index (χ4v) is 4.40. The third-order valence-corrected chi connectivity index (χ3v) is 6.45. The molecule has 1 unspecified atom stereocenters. The second kappa shape index (κ2) is 12.0. The first-order valence-electron chi connectivity index (χ1n) is 12.8. The third-order valence-electron chi connectivity index (χ3n) is 6.45. The number of carbonyl (C=O) groups is 1. The highest BCUT2D eigenvalue weighted by molar-refractivity contribution is 6.14. The van der Waals surface area contributed by atoms with Crippen LogP contribution in [-0.4, -0.2) is 48.9 Å². The lowest BCUT2D eigenvalue weighted by atomic mass is 10.00. The summed E-state index contributed by atoms with van der Waals surface area (Å²) in [6, 6.07) is 22.1. The Kier molecular flexibility index (Phi) is 8.58. The fraction of sp³-hybridized carbons (Fsp3) is 0.333. The van der Waals surface area contributed by atoms with Gasteiger partial charge in [-0.3, -0.25) is 10.2 Å². The van der Waals surface area contributed by atoms with E-state index in [-0.39, 0.29) is 23.8 Å². The normalized spacial score (nSPS) is 15.4. The highest BCUT2D eigenvalue weighted by Gasteiger charge is 2.23. The van der Waals surface area contributed by atoms with E-state index in [4.69, 9.17) is 20.6 Å². The number of piperidine rings is 1. The number of rotatable bonds is 9. The first-order valence-corrected chi connectivity index (χ1v) is 12.8. The van der Waals surface area contributed by atoms with Crippen molar-refractivity contribution in [2.75, 3.05) is 31.2 Å². The summed E-state index contributed by atoms with van der Waals surface area (Å²) in [4.78, 5) is 15.5. The monoisotopic (exact) mass is 500 g/mol. The van der Waals surface area contributed by atoms with Gasteiger partial charge >= 0.3 is 0 Å². The highest BCUT2D eigenvalue weighted by atomic mass is 16.5. The van der Waals surface area contributed by atoms with Crippen LogP contribution in [0.4, 0.5) is 11.4 Å². The average molecular weight is 501 g/mol. The number of hydrogen-bond donors (Lipinski definition) is 3. The van der Waals surface area contributed by atoms with Gasteiger partial charge in [0.25, 0.3) is 5.91 Å². The number of likely N-dealkylation sites (tertiary alicyclic amines) is 1. The summed E-state index contributed by atoms with van der Waals surface area (Å²) in [5, 5.41) is 11.7. The molecule has 1 amide bonds. The molecule has 1 atom stereocenters. The number of carbonyl (C=O) groups excluding carboxylic acids is 1. The molecule has 3 aromatic rings. The van der Waals surface area contributed by atoms with Gasteiger partial charge in [0.05, 0.1) is 11.8 Å². The molecule has 7 heteroatoms. The minimum atomic E-state index is -0.751. The van der Waals surface area contributed by atoms with Gasteiger partial charge in [-0.25, -0.2) is 0 Å². The molecule has 0 saturated carbocycles. The lowest BCUT2D eigenvalue weighted by molar-refractivity contribution is -0.130. The van der Waals surface area contributed by atoms with Crippen LogP contribution in [0.25, 0.3) is 0 Å². The maximum Gasteiger partial charge on any atom is 0.258 e. The number of nitrogens with two attached hydrogens (primary N) is 1. The van der Waals surface area contributed by atoms with Gasteiger partial charge in [-0.15, -0.1) is 0 Å². The average Bonchev–Trinajstić information content (AvgIpc) is 2.90. The summed E-state index contributed by atoms with van der Waals surface area (Å²) < 4.78 is 12.1. The minimum Gasteiger partial charge on any atom is -0.490 e. The van der Waals surface area contributed by atoms with Crippen LogP contribution in [0, 0.1) is 5.41 Å². The quantitative estimate of drug-likeness (QED) is 0.275. The molecule has 1 fully saturated rings. The van der Waals surface area contributed by atoms with E-state index >= 15 is 0 Å². The van der Waals surface area contributed by atoms with Crippen LogP contribution in [0.2, 0.25) is 0 Å². The third kappa shape index (κ3) is 6.96. The van der Waals surface area contributed by atoms with E-state index in [9.17, 15) is 4.79 Å². The largest absolute Gasteiger partial charge is 0.490 e. The molecule has 7 nitrogen and oxygen atoms in total. The van der Waals surface area contributed by atoms with E-state index in [2.05, 4.69) is 17.3 Å². The number of nitrogen functional groups attached to an aromatic ring is 1. The molecule has 1 saturated heterocycles. The number of nitrogens with zero attached hydrogens (tertiary/aromatic N) is 1. The molecular weight excluding hydrogens is 464 g/mol. The van der Waals surface area contributed by atoms with Crippen LogP contribution >= 0.6 is 0 Å². The van der Waals surface area contributed by atoms with Crippen LogP contribution in [0.5, 0.6) is 5.75 Å². The predicted octanol–water partition coefficient (Wildman–Crippen LogP) is 5.26. The molecule has 0 spiro atoms. The van der Waals surface area contributed by atoms with Gasteiger partial charge in [0, 0.05) is 35.6 Å². The maximum atomic E-state index is 13.2. The van der Waals surface area contributed by atoms with E-state index < -0.39 is 6.10 Å². The van der Waals surface area contributed by atoms with E-state index in [1.165, 1.54) is 0 Å². The van der Waals surface area contributed by atoms with Crippen LogP contribution in [0.3, 0.4) is 0 Å². The van der Waals surface area contributed by atoms with E-state index in [0.29, 0.717) is 16.9 Å². The number of anilines is 2. The molecule has 1 aliphatic rings. The second-order valence-electron chi connectivity index (χ2n) is 9.79. The van der Waals surface area contributed by atoms with Crippen LogP contribution in [0.15, 0.2) is 72.8 Å². The Morgan fingerprint density at radius 3 is 2.35 bits per heavy atom. The smallest absolute Gasteiger partial charge is 0.258 e. The Labute approximate surface area is 219 Å². The number of hydrogen-bond acceptors (Lipinski definition) is 6. The first kappa shape index (κ1) is 26.4. The molecule has 0 radical (unpaired) electrons. The van der Waals surface area contributed by atoms with Gasteiger partial charge in [0.2, 0.25) is 0 Å². The van der Waals surface area contributed by atoms with Gasteiger partial charge in [-0.05, 0) is 81.8 Å². The van der Waals surface area contributed by atoms with E-state index in [0.717, 1.165) is 42.8 Å². The molecule has 4 rings (SSSR count). The van der Waals surface area contributed by atoms with Crippen molar-refractivity contribution in [1.29, 1.82) is 5.41 Å². The molecule has 0 aromatic heterocycles. The van der Waals surface area contributed by atoms with Crippen LogP contribution in [-0.2, 0) is 9.53 Å². The van der Waals surface area contributed by atoms with Crippen molar-refractivity contribution >= 4 is 23.0 Å². The first-order chi connectivity index (χ1) is 17.8. The molecule has 4 N–H and O–H groups in total. The van der Waals surface area contributed by atoms with Gasteiger partial charge in [0.15, 0.2) is 6.10 Å². The van der Waals surface area contributed by atoms with Crippen molar-refractivity contribution in [3.05, 3.63) is 89.5 Å². The van der Waals surface area contributed by atoms with E-state index in [1.807, 2.05) is 68.4 Å². The Hall–Kier alpha value is -3.68. The zero-order chi connectivity index (χ0) is 26.4. The second-order valence-corrected chi connectivity index (χ2v) is 9.79. The zero-order valence-electron chi connectivity index (χ0n) is 21.7. The molecule has 0 bridgehead atoms. The topological polar surface area (TPSA) is 101 Å². The predicted molar refractivity (Wildman–Crippen MR) is 148 cm³/mol. The van der Waals surface area contributed by atoms with E-state index in [1.54, 1.807) is 18.2 Å². The van der Waals surface area contributed by atoms with Crippen molar-refractivity contribution < 1.29 is 14.3 Å².